The van der Waals surface area contributed by atoms with Crippen LogP contribution >= 0.6 is 0 Å². The van der Waals surface area contributed by atoms with Crippen LogP contribution in [-0.2, 0) is 0 Å². The third-order valence-electron chi connectivity index (χ3n) is 9.13. The highest BCUT2D eigenvalue weighted by Gasteiger charge is 3.02. The van der Waals surface area contributed by atoms with Gasteiger partial charge in [0.05, 0.1) is 17.8 Å². The summed E-state index contributed by atoms with van der Waals surface area (Å²) in [4.78, 5) is 26.6. The van der Waals surface area contributed by atoms with Crippen LogP contribution in [0.15, 0.2) is 52.1 Å². The average Bonchev–Trinajstić information content (AvgIpc) is 2.86. The molecule has 0 saturated heterocycles. The lowest BCUT2D eigenvalue weighted by Crippen LogP contribution is -3.00. The second-order valence-corrected chi connectivity index (χ2v) is 8.98. The van der Waals surface area contributed by atoms with Crippen LogP contribution in [0.1, 0.15) is 24.9 Å². The number of benzene rings is 1. The lowest BCUT2D eigenvalue weighted by molar-refractivity contribution is -0.551. The van der Waals surface area contributed by atoms with E-state index < -0.39 is 0 Å². The summed E-state index contributed by atoms with van der Waals surface area (Å²) >= 11 is 0. The highest BCUT2D eigenvalue weighted by Crippen LogP contribution is 3.03. The molecule has 5 heteroatoms. The quantitative estimate of drug-likeness (QED) is 0.748. The molecule has 3 heterocycles. The number of allylic oxidation sites excluding steroid dienone is 2. The number of hydrogen-bond acceptors (Lipinski definition) is 2. The number of para-hydroxylation sites is 1. The van der Waals surface area contributed by atoms with Gasteiger partial charge in [0.1, 0.15) is 0 Å². The van der Waals surface area contributed by atoms with E-state index in [1.54, 1.807) is 0 Å². The molecule has 25 heavy (non-hydrogen) atoms. The van der Waals surface area contributed by atoms with Crippen molar-refractivity contribution < 1.29 is 0 Å². The van der Waals surface area contributed by atoms with Crippen LogP contribution in [0.2, 0.25) is 0 Å². The summed E-state index contributed by atoms with van der Waals surface area (Å²) in [6.07, 6.45) is 6.88. The molecule has 2 aliphatic heterocycles. The Morgan fingerprint density at radius 1 is 0.800 bits per heavy atom. The lowest BCUT2D eigenvalue weighted by Gasteiger charge is -3.01. The second-order valence-electron chi connectivity index (χ2n) is 8.98. The van der Waals surface area contributed by atoms with Crippen molar-refractivity contribution in [3.05, 3.63) is 63.5 Å². The molecule has 2 spiro atoms. The van der Waals surface area contributed by atoms with Gasteiger partial charge in [-0.3, -0.25) is 0 Å². The van der Waals surface area contributed by atoms with Crippen LogP contribution in [0.3, 0.4) is 0 Å². The van der Waals surface area contributed by atoms with E-state index in [0.29, 0.717) is 17.5 Å². The zero-order valence-corrected chi connectivity index (χ0v) is 13.6. The van der Waals surface area contributed by atoms with E-state index in [1.165, 1.54) is 4.57 Å². The molecule has 2 bridgehead atoms. The van der Waals surface area contributed by atoms with E-state index in [-0.39, 0.29) is 34.3 Å². The maximum Gasteiger partial charge on any atom is 0.352 e. The number of aromatic nitrogens is 3. The summed E-state index contributed by atoms with van der Waals surface area (Å²) in [6, 6.07) is 9.91. The first-order valence-electron chi connectivity index (χ1n) is 9.42. The van der Waals surface area contributed by atoms with Crippen molar-refractivity contribution in [2.75, 3.05) is 0 Å². The molecule has 2 aromatic rings. The molecule has 1 aromatic heterocycles. The molecular weight excluding hydrogens is 314 g/mol. The number of nitrogens with zero attached hydrogens (tertiary/aromatic N) is 3. The molecule has 7 aliphatic rings. The van der Waals surface area contributed by atoms with E-state index in [2.05, 4.69) is 12.2 Å². The summed E-state index contributed by atoms with van der Waals surface area (Å²) in [5, 5.41) is 0. The normalized spacial score (nSPS) is 50.6. The first-order valence-corrected chi connectivity index (χ1v) is 9.42. The Kier molecular flexibility index (Phi) is 1.51. The summed E-state index contributed by atoms with van der Waals surface area (Å²) in [5.41, 5.74) is 1.01. The minimum absolute atomic E-state index is 0.129. The van der Waals surface area contributed by atoms with Crippen LogP contribution in [0.4, 0.5) is 0 Å². The predicted molar refractivity (Wildman–Crippen MR) is 89.6 cm³/mol. The molecule has 9 rings (SSSR count). The van der Waals surface area contributed by atoms with Gasteiger partial charge in [0.15, 0.2) is 0 Å². The van der Waals surface area contributed by atoms with E-state index in [0.717, 1.165) is 24.7 Å². The van der Waals surface area contributed by atoms with Crippen molar-refractivity contribution in [3.63, 3.8) is 0 Å². The molecule has 1 aromatic carbocycles. The minimum Gasteiger partial charge on any atom is -0.245 e. The van der Waals surface area contributed by atoms with Crippen LogP contribution < -0.4 is 11.4 Å². The van der Waals surface area contributed by atoms with Crippen molar-refractivity contribution in [2.45, 2.75) is 24.9 Å². The van der Waals surface area contributed by atoms with Gasteiger partial charge in [-0.1, -0.05) is 30.4 Å². The van der Waals surface area contributed by atoms with Gasteiger partial charge in [-0.2, -0.15) is 0 Å². The third-order valence-corrected chi connectivity index (χ3v) is 9.13. The summed E-state index contributed by atoms with van der Waals surface area (Å²) in [7, 11) is 0. The summed E-state index contributed by atoms with van der Waals surface area (Å²) in [6.45, 7) is 0. The van der Waals surface area contributed by atoms with Gasteiger partial charge in [0.25, 0.3) is 0 Å². The number of hydrogen-bond donors (Lipinski definition) is 0. The largest absolute Gasteiger partial charge is 0.352 e. The van der Waals surface area contributed by atoms with E-state index in [9.17, 15) is 9.59 Å². The number of rotatable bonds is 1. The van der Waals surface area contributed by atoms with Gasteiger partial charge in [-0.15, -0.1) is 0 Å². The Labute approximate surface area is 143 Å². The molecule has 0 amide bonds. The molecule has 0 N–H and O–H groups in total. The van der Waals surface area contributed by atoms with Gasteiger partial charge >= 0.3 is 11.4 Å². The highest BCUT2D eigenvalue weighted by atomic mass is 16.2. The van der Waals surface area contributed by atoms with Crippen LogP contribution in [0.5, 0.6) is 0 Å². The zero-order chi connectivity index (χ0) is 16.3. The van der Waals surface area contributed by atoms with Crippen molar-refractivity contribution in [2.24, 2.45) is 34.5 Å². The van der Waals surface area contributed by atoms with E-state index in [4.69, 9.17) is 0 Å². The molecule has 5 nitrogen and oxygen atoms in total. The first-order chi connectivity index (χ1) is 12.2. The molecule has 0 radical (unpaired) electrons. The van der Waals surface area contributed by atoms with Crippen LogP contribution in [0.25, 0.3) is 5.69 Å². The standard InChI is InChI=1S/C20H17N3O2/c24-17-21(10-6-2-1-3-7-10)18(25)23-16-12-11-13-14(12)20(16)9-5-4-8-19(13,20)15(11)22(17)23/h1-7,11-16H,8-9H2/t11-,12-,13-,14+,15+,16+,19+,20-/m0/s1. The zero-order valence-electron chi connectivity index (χ0n) is 13.6. The van der Waals surface area contributed by atoms with Gasteiger partial charge < -0.3 is 0 Å². The Balaban J connectivity index is 1.47. The van der Waals surface area contributed by atoms with Gasteiger partial charge in [-0.05, 0) is 48.6 Å². The monoisotopic (exact) mass is 331 g/mol. The fourth-order valence-corrected chi connectivity index (χ4v) is 8.86. The van der Waals surface area contributed by atoms with Crippen molar-refractivity contribution >= 4 is 0 Å². The van der Waals surface area contributed by atoms with E-state index in [1.807, 2.05) is 39.7 Å². The maximum absolute atomic E-state index is 13.3. The summed E-state index contributed by atoms with van der Waals surface area (Å²) in [5.74, 6) is 2.98. The molecule has 5 aliphatic carbocycles. The fraction of sp³-hybridized carbons (Fsp3) is 0.500. The molecule has 8 atom stereocenters. The van der Waals surface area contributed by atoms with E-state index >= 15 is 0 Å². The molecule has 4 saturated carbocycles. The first kappa shape index (κ1) is 12.1. The molecule has 0 unspecified atom stereocenters. The lowest BCUT2D eigenvalue weighted by atomic mass is 9.04. The van der Waals surface area contributed by atoms with Crippen molar-refractivity contribution in [3.8, 4) is 5.69 Å². The van der Waals surface area contributed by atoms with Gasteiger partial charge in [0.2, 0.25) is 0 Å². The predicted octanol–water partition coefficient (Wildman–Crippen LogP) is 1.74. The topological polar surface area (TPSA) is 48.9 Å². The average molecular weight is 331 g/mol. The minimum atomic E-state index is -0.129. The Bertz CT molecular complexity index is 1080. The highest BCUT2D eigenvalue weighted by molar-refractivity contribution is 5.50. The Morgan fingerprint density at radius 3 is 1.84 bits per heavy atom. The molecular formula is C20H17N3O2. The summed E-state index contributed by atoms with van der Waals surface area (Å²) < 4.78 is 5.16. The Morgan fingerprint density at radius 2 is 1.32 bits per heavy atom. The maximum atomic E-state index is 13.3. The van der Waals surface area contributed by atoms with Gasteiger partial charge in [0, 0.05) is 10.8 Å². The van der Waals surface area contributed by atoms with Crippen LogP contribution in [-0.4, -0.2) is 13.9 Å². The van der Waals surface area contributed by atoms with Crippen molar-refractivity contribution in [1.82, 2.24) is 13.9 Å². The molecule has 124 valence electrons. The fourth-order valence-electron chi connectivity index (χ4n) is 8.86. The SMILES string of the molecule is O=c1n(-c2ccccc2)c(=O)n2n1[C@@H]1[C@H]3[C@H]4[C@H]5[C@@H]3[C@@]13CC=CC[C@]53[C@@H]42. The van der Waals surface area contributed by atoms with Crippen molar-refractivity contribution in [1.29, 1.82) is 0 Å². The van der Waals surface area contributed by atoms with Crippen LogP contribution in [0, 0.1) is 34.5 Å². The second kappa shape index (κ2) is 3.11. The molecule has 4 fully saturated rings. The smallest absolute Gasteiger partial charge is 0.245 e. The third kappa shape index (κ3) is 0.783. The van der Waals surface area contributed by atoms with Gasteiger partial charge in [-0.25, -0.2) is 23.5 Å². The Hall–Kier alpha value is -2.30.